The molecule has 4 aromatic rings. The maximum atomic E-state index is 13.2. The minimum atomic E-state index is -0.447. The predicted molar refractivity (Wildman–Crippen MR) is 118 cm³/mol. The molecule has 0 fully saturated rings. The van der Waals surface area contributed by atoms with Crippen molar-refractivity contribution in [3.05, 3.63) is 101 Å². The second-order valence-electron chi connectivity index (χ2n) is 7.50. The average molecular weight is 415 g/mol. The summed E-state index contributed by atoms with van der Waals surface area (Å²) in [6.45, 7) is 3.37. The number of hydrogen-bond donors (Lipinski definition) is 0. The molecule has 0 radical (unpaired) electrons. The number of aryl methyl sites for hydroxylation is 1. The average Bonchev–Trinajstić information content (AvgIpc) is 3.07. The van der Waals surface area contributed by atoms with Gasteiger partial charge in [0, 0.05) is 22.6 Å². The molecule has 1 aromatic heterocycles. The van der Waals surface area contributed by atoms with E-state index in [0.29, 0.717) is 5.56 Å². The van der Waals surface area contributed by atoms with E-state index < -0.39 is 5.97 Å². The molecule has 0 N–H and O–H groups in total. The zero-order valence-corrected chi connectivity index (χ0v) is 17.4. The molecule has 0 unspecified atom stereocenters. The van der Waals surface area contributed by atoms with E-state index in [2.05, 4.69) is 0 Å². The highest BCUT2D eigenvalue weighted by Crippen LogP contribution is 2.22. The van der Waals surface area contributed by atoms with Gasteiger partial charge in [-0.15, -0.1) is 0 Å². The molecule has 0 aliphatic carbocycles. The van der Waals surface area contributed by atoms with Gasteiger partial charge in [0.25, 0.3) is 0 Å². The number of nitrogens with zero attached hydrogens (tertiary/aromatic N) is 1. The molecule has 156 valence electrons. The van der Waals surface area contributed by atoms with Crippen LogP contribution < -0.4 is 0 Å². The first-order chi connectivity index (χ1) is 14.9. The fraction of sp³-hybridized carbons (Fsp3) is 0.154. The van der Waals surface area contributed by atoms with E-state index in [1.165, 1.54) is 12.1 Å². The van der Waals surface area contributed by atoms with E-state index in [1.54, 1.807) is 18.2 Å². The molecule has 0 aliphatic rings. The maximum absolute atomic E-state index is 13.2. The van der Waals surface area contributed by atoms with Gasteiger partial charge in [-0.05, 0) is 60.5 Å². The molecule has 0 spiro atoms. The van der Waals surface area contributed by atoms with Gasteiger partial charge in [0.2, 0.25) is 5.78 Å². The number of benzene rings is 3. The topological polar surface area (TPSA) is 48.3 Å². The number of ether oxygens (including phenoxy) is 1. The third kappa shape index (κ3) is 4.26. The van der Waals surface area contributed by atoms with Crippen LogP contribution in [0.1, 0.15) is 27.3 Å². The van der Waals surface area contributed by atoms with Crippen LogP contribution in [0.4, 0.5) is 4.39 Å². The van der Waals surface area contributed by atoms with Gasteiger partial charge in [-0.2, -0.15) is 0 Å². The number of aromatic nitrogens is 1. The summed E-state index contributed by atoms with van der Waals surface area (Å²) < 4.78 is 20.4. The normalized spacial score (nSPS) is 10.9. The van der Waals surface area contributed by atoms with Crippen molar-refractivity contribution in [2.75, 3.05) is 6.61 Å². The lowest BCUT2D eigenvalue weighted by molar-refractivity contribution is -0.141. The molecule has 0 saturated heterocycles. The summed E-state index contributed by atoms with van der Waals surface area (Å²) in [5, 5.41) is 2.05. The molecular formula is C26H22FNO3. The van der Waals surface area contributed by atoms with Gasteiger partial charge in [0.15, 0.2) is 6.61 Å². The number of hydrogen-bond acceptors (Lipinski definition) is 3. The van der Waals surface area contributed by atoms with E-state index in [9.17, 15) is 14.0 Å². The van der Waals surface area contributed by atoms with Crippen LogP contribution in [0.15, 0.2) is 72.8 Å². The molecule has 0 bridgehead atoms. The monoisotopic (exact) mass is 415 g/mol. The molecular weight excluding hydrogens is 393 g/mol. The molecule has 3 aromatic carbocycles. The number of fused-ring (bicyclic) bond motifs is 1. The predicted octanol–water partition coefficient (Wildman–Crippen LogP) is 5.36. The molecule has 0 amide bonds. The van der Waals surface area contributed by atoms with Crippen LogP contribution in [0.25, 0.3) is 16.5 Å². The number of esters is 1. The summed E-state index contributed by atoms with van der Waals surface area (Å²) in [6.07, 6.45) is 0.100. The fourth-order valence-electron chi connectivity index (χ4n) is 3.91. The molecule has 0 aliphatic heterocycles. The number of Topliss-reactive ketones (excluding diaryl/α,β-unsaturated/α-hetero) is 1. The molecule has 0 atom stereocenters. The van der Waals surface area contributed by atoms with E-state index in [1.807, 2.05) is 60.9 Å². The molecule has 5 heteroatoms. The summed E-state index contributed by atoms with van der Waals surface area (Å²) in [4.78, 5) is 25.1. The van der Waals surface area contributed by atoms with Crippen molar-refractivity contribution in [1.82, 2.24) is 4.57 Å². The number of rotatable bonds is 6. The van der Waals surface area contributed by atoms with E-state index >= 15 is 0 Å². The third-order valence-corrected chi connectivity index (χ3v) is 5.40. The summed E-state index contributed by atoms with van der Waals surface area (Å²) in [7, 11) is 0. The smallest absolute Gasteiger partial charge is 0.310 e. The van der Waals surface area contributed by atoms with Crippen LogP contribution >= 0.6 is 0 Å². The van der Waals surface area contributed by atoms with Crippen molar-refractivity contribution in [3.63, 3.8) is 0 Å². The molecule has 4 rings (SSSR count). The first-order valence-electron chi connectivity index (χ1n) is 10.0. The zero-order chi connectivity index (χ0) is 22.0. The summed E-state index contributed by atoms with van der Waals surface area (Å²) in [6, 6.07) is 21.5. The molecule has 1 heterocycles. The number of carbonyl (C=O) groups excluding carboxylic acids is 2. The Balaban J connectivity index is 1.46. The SMILES string of the molecule is Cc1cc(C(=O)COC(=O)Cc2cccc3ccccc23)c(C)n1-c1ccc(F)cc1. The van der Waals surface area contributed by atoms with Crippen LogP contribution in [0.5, 0.6) is 0 Å². The Labute approximate surface area is 179 Å². The van der Waals surface area contributed by atoms with Crippen molar-refractivity contribution in [3.8, 4) is 5.69 Å². The molecule has 0 saturated carbocycles. The Bertz CT molecular complexity index is 1270. The highest BCUT2D eigenvalue weighted by atomic mass is 19.1. The standard InChI is InChI=1S/C26H22FNO3/c1-17-14-24(18(2)28(17)22-12-10-21(27)11-13-22)25(29)16-31-26(30)15-20-8-5-7-19-6-3-4-9-23(19)20/h3-14H,15-16H2,1-2H3. The largest absolute Gasteiger partial charge is 0.457 e. The highest BCUT2D eigenvalue weighted by molar-refractivity contribution is 5.99. The van der Waals surface area contributed by atoms with Crippen molar-refractivity contribution < 1.29 is 18.7 Å². The van der Waals surface area contributed by atoms with Gasteiger partial charge in [-0.1, -0.05) is 42.5 Å². The first-order valence-corrected chi connectivity index (χ1v) is 10.0. The molecule has 31 heavy (non-hydrogen) atoms. The Morgan fingerprint density at radius 1 is 0.935 bits per heavy atom. The number of carbonyl (C=O) groups is 2. The Morgan fingerprint density at radius 3 is 2.42 bits per heavy atom. The van der Waals surface area contributed by atoms with Gasteiger partial charge in [0.05, 0.1) is 6.42 Å². The van der Waals surface area contributed by atoms with Gasteiger partial charge >= 0.3 is 5.97 Å². The van der Waals surface area contributed by atoms with E-state index in [4.69, 9.17) is 4.74 Å². The number of ketones is 1. The van der Waals surface area contributed by atoms with Crippen molar-refractivity contribution in [1.29, 1.82) is 0 Å². The van der Waals surface area contributed by atoms with Crippen LogP contribution in [-0.2, 0) is 16.0 Å². The number of halogens is 1. The quantitative estimate of drug-likeness (QED) is 0.315. The Kier molecular flexibility index (Phi) is 5.67. The van der Waals surface area contributed by atoms with Crippen LogP contribution in [0.2, 0.25) is 0 Å². The minimum Gasteiger partial charge on any atom is -0.457 e. The third-order valence-electron chi connectivity index (χ3n) is 5.40. The summed E-state index contributed by atoms with van der Waals surface area (Å²) in [5.41, 5.74) is 3.68. The van der Waals surface area contributed by atoms with Gasteiger partial charge in [-0.25, -0.2) is 4.39 Å². The van der Waals surface area contributed by atoms with Gasteiger partial charge in [-0.3, -0.25) is 9.59 Å². The van der Waals surface area contributed by atoms with Crippen molar-refractivity contribution in [2.45, 2.75) is 20.3 Å². The summed E-state index contributed by atoms with van der Waals surface area (Å²) in [5.74, 6) is -1.04. The van der Waals surface area contributed by atoms with Crippen LogP contribution in [-0.4, -0.2) is 22.9 Å². The van der Waals surface area contributed by atoms with Gasteiger partial charge in [0.1, 0.15) is 5.82 Å². The van der Waals surface area contributed by atoms with Gasteiger partial charge < -0.3 is 9.30 Å². The fourth-order valence-corrected chi connectivity index (χ4v) is 3.91. The lowest BCUT2D eigenvalue weighted by atomic mass is 10.0. The first kappa shape index (κ1) is 20.5. The Morgan fingerprint density at radius 2 is 1.65 bits per heavy atom. The van der Waals surface area contributed by atoms with Crippen molar-refractivity contribution in [2.24, 2.45) is 0 Å². The van der Waals surface area contributed by atoms with E-state index in [0.717, 1.165) is 33.4 Å². The lowest BCUT2D eigenvalue weighted by Gasteiger charge is -2.10. The van der Waals surface area contributed by atoms with E-state index in [-0.39, 0.29) is 24.6 Å². The second kappa shape index (κ2) is 8.56. The highest BCUT2D eigenvalue weighted by Gasteiger charge is 2.18. The maximum Gasteiger partial charge on any atom is 0.310 e. The van der Waals surface area contributed by atoms with Crippen molar-refractivity contribution >= 4 is 22.5 Å². The van der Waals surface area contributed by atoms with Crippen LogP contribution in [0.3, 0.4) is 0 Å². The molecule has 4 nitrogen and oxygen atoms in total. The zero-order valence-electron chi connectivity index (χ0n) is 17.4. The minimum absolute atomic E-state index is 0.100. The van der Waals surface area contributed by atoms with Crippen LogP contribution in [0, 0.1) is 19.7 Å². The summed E-state index contributed by atoms with van der Waals surface area (Å²) >= 11 is 0. The Hall–Kier alpha value is -3.73. The second-order valence-corrected chi connectivity index (χ2v) is 7.50. The lowest BCUT2D eigenvalue weighted by Crippen LogP contribution is -2.16.